The largest absolute Gasteiger partial charge is 0.390 e. The second-order valence-electron chi connectivity index (χ2n) is 5.99. The topological polar surface area (TPSA) is 66.8 Å². The van der Waals surface area contributed by atoms with Crippen LogP contribution >= 0.6 is 0 Å². The monoisotopic (exact) mass is 255 g/mol. The number of rotatable bonds is 2. The van der Waals surface area contributed by atoms with Crippen LogP contribution in [0, 0.1) is 5.92 Å². The van der Waals surface area contributed by atoms with E-state index in [-0.39, 0.29) is 0 Å². The van der Waals surface area contributed by atoms with Crippen LogP contribution in [-0.2, 0) is 14.3 Å². The second-order valence-corrected chi connectivity index (χ2v) is 5.99. The Balaban J connectivity index is 2.83. The first kappa shape index (κ1) is 14.9. The molecular formula is C13H21NO4. The molecule has 102 valence electrons. The molecule has 0 radical (unpaired) electrons. The number of hydroxylamine groups is 2. The highest BCUT2D eigenvalue weighted by molar-refractivity contribution is 5.92. The van der Waals surface area contributed by atoms with Gasteiger partial charge in [-0.25, -0.2) is 4.79 Å². The van der Waals surface area contributed by atoms with Crippen LogP contribution in [0.25, 0.3) is 0 Å². The van der Waals surface area contributed by atoms with Crippen molar-refractivity contribution in [3.8, 4) is 0 Å². The molecular weight excluding hydrogens is 234 g/mol. The molecule has 1 heterocycles. The van der Waals surface area contributed by atoms with Crippen molar-refractivity contribution in [1.29, 1.82) is 0 Å². The van der Waals surface area contributed by atoms with E-state index < -0.39 is 28.9 Å². The number of ether oxygens (including phenoxy) is 1. The van der Waals surface area contributed by atoms with Crippen LogP contribution in [0.2, 0.25) is 0 Å². The van der Waals surface area contributed by atoms with Gasteiger partial charge in [-0.3, -0.25) is 4.79 Å². The molecule has 0 saturated carbocycles. The Morgan fingerprint density at radius 1 is 1.28 bits per heavy atom. The SMILES string of the molecule is C=CC(=O)OC(=O)C1CC(C)(C)N(O)C(C)(C)C1. The normalized spacial score (nSPS) is 23.4. The van der Waals surface area contributed by atoms with Gasteiger partial charge in [0.05, 0.1) is 5.92 Å². The lowest BCUT2D eigenvalue weighted by molar-refractivity contribution is -0.251. The summed E-state index contributed by atoms with van der Waals surface area (Å²) >= 11 is 0. The van der Waals surface area contributed by atoms with Gasteiger partial charge in [0.15, 0.2) is 0 Å². The maximum atomic E-state index is 11.9. The van der Waals surface area contributed by atoms with Crippen molar-refractivity contribution >= 4 is 11.9 Å². The van der Waals surface area contributed by atoms with Gasteiger partial charge >= 0.3 is 11.9 Å². The van der Waals surface area contributed by atoms with E-state index in [1.807, 2.05) is 27.7 Å². The van der Waals surface area contributed by atoms with Gasteiger partial charge in [0.25, 0.3) is 0 Å². The Morgan fingerprint density at radius 3 is 2.11 bits per heavy atom. The van der Waals surface area contributed by atoms with Gasteiger partial charge in [-0.2, -0.15) is 5.06 Å². The van der Waals surface area contributed by atoms with Crippen molar-refractivity contribution in [2.24, 2.45) is 5.92 Å². The van der Waals surface area contributed by atoms with E-state index in [9.17, 15) is 14.8 Å². The summed E-state index contributed by atoms with van der Waals surface area (Å²) in [7, 11) is 0. The second kappa shape index (κ2) is 4.82. The van der Waals surface area contributed by atoms with Gasteiger partial charge < -0.3 is 9.94 Å². The van der Waals surface area contributed by atoms with Crippen molar-refractivity contribution in [3.63, 3.8) is 0 Å². The van der Waals surface area contributed by atoms with Gasteiger partial charge in [-0.15, -0.1) is 0 Å². The van der Waals surface area contributed by atoms with Crippen LogP contribution in [0.3, 0.4) is 0 Å². The molecule has 1 aliphatic rings. The number of carbonyl (C=O) groups is 2. The summed E-state index contributed by atoms with van der Waals surface area (Å²) in [4.78, 5) is 22.9. The average Bonchev–Trinajstić information content (AvgIpc) is 2.24. The Labute approximate surface area is 107 Å². The standard InChI is InChI=1S/C13H21NO4/c1-6-10(15)18-11(16)9-7-12(2,3)14(17)13(4,5)8-9/h6,9,17H,1,7-8H2,2-5H3. The van der Waals surface area contributed by atoms with Crippen molar-refractivity contribution in [2.45, 2.75) is 51.6 Å². The lowest BCUT2D eigenvalue weighted by Crippen LogP contribution is -2.60. The first-order valence-corrected chi connectivity index (χ1v) is 5.97. The third-order valence-corrected chi connectivity index (χ3v) is 3.34. The lowest BCUT2D eigenvalue weighted by Gasteiger charge is -2.50. The predicted molar refractivity (Wildman–Crippen MR) is 65.8 cm³/mol. The molecule has 0 spiro atoms. The summed E-state index contributed by atoms with van der Waals surface area (Å²) in [6.07, 6.45) is 1.85. The molecule has 0 aromatic carbocycles. The first-order chi connectivity index (χ1) is 8.10. The highest BCUT2D eigenvalue weighted by atomic mass is 16.6. The van der Waals surface area contributed by atoms with E-state index in [2.05, 4.69) is 11.3 Å². The summed E-state index contributed by atoms with van der Waals surface area (Å²) in [5, 5.41) is 11.4. The molecule has 1 aliphatic heterocycles. The van der Waals surface area contributed by atoms with E-state index in [1.54, 1.807) is 0 Å². The predicted octanol–water partition coefficient (Wildman–Crippen LogP) is 1.90. The van der Waals surface area contributed by atoms with E-state index in [4.69, 9.17) is 0 Å². The van der Waals surface area contributed by atoms with Crippen molar-refractivity contribution in [3.05, 3.63) is 12.7 Å². The molecule has 0 bridgehead atoms. The highest BCUT2D eigenvalue weighted by Crippen LogP contribution is 2.40. The molecule has 1 rings (SSSR count). The van der Waals surface area contributed by atoms with Crippen molar-refractivity contribution < 1.29 is 19.5 Å². The highest BCUT2D eigenvalue weighted by Gasteiger charge is 2.47. The smallest absolute Gasteiger partial charge is 0.337 e. The van der Waals surface area contributed by atoms with Gasteiger partial charge in [-0.1, -0.05) is 6.58 Å². The van der Waals surface area contributed by atoms with Crippen LogP contribution in [0.15, 0.2) is 12.7 Å². The van der Waals surface area contributed by atoms with Crippen LogP contribution in [-0.4, -0.2) is 33.3 Å². The molecule has 0 unspecified atom stereocenters. The minimum Gasteiger partial charge on any atom is -0.390 e. The Kier molecular flexibility index (Phi) is 3.98. The number of hydrogen-bond acceptors (Lipinski definition) is 5. The lowest BCUT2D eigenvalue weighted by atomic mass is 9.75. The Bertz CT molecular complexity index is 355. The fraction of sp³-hybridized carbons (Fsp3) is 0.692. The summed E-state index contributed by atoms with van der Waals surface area (Å²) in [6.45, 7) is 10.7. The zero-order chi connectivity index (χ0) is 14.1. The maximum Gasteiger partial charge on any atom is 0.337 e. The molecule has 1 saturated heterocycles. The molecule has 5 nitrogen and oxygen atoms in total. The van der Waals surface area contributed by atoms with Gasteiger partial charge in [0.1, 0.15) is 0 Å². The molecule has 1 N–H and O–H groups in total. The van der Waals surface area contributed by atoms with Crippen LogP contribution in [0.1, 0.15) is 40.5 Å². The molecule has 0 amide bonds. The molecule has 18 heavy (non-hydrogen) atoms. The molecule has 5 heteroatoms. The third kappa shape index (κ3) is 2.97. The van der Waals surface area contributed by atoms with Crippen LogP contribution < -0.4 is 0 Å². The quantitative estimate of drug-likeness (QED) is 0.464. The molecule has 0 atom stereocenters. The number of carbonyl (C=O) groups excluding carboxylic acids is 2. The van der Waals surface area contributed by atoms with E-state index in [0.717, 1.165) is 6.08 Å². The first-order valence-electron chi connectivity index (χ1n) is 5.97. The number of nitrogens with zero attached hydrogens (tertiary/aromatic N) is 1. The number of esters is 2. The molecule has 0 aromatic heterocycles. The fourth-order valence-corrected chi connectivity index (χ4v) is 2.66. The molecule has 1 fully saturated rings. The third-order valence-electron chi connectivity index (χ3n) is 3.34. The number of hydrogen-bond donors (Lipinski definition) is 1. The Hall–Kier alpha value is -1.20. The summed E-state index contributed by atoms with van der Waals surface area (Å²) < 4.78 is 4.66. The van der Waals surface area contributed by atoms with Crippen molar-refractivity contribution in [2.75, 3.05) is 0 Å². The van der Waals surface area contributed by atoms with Gasteiger partial charge in [-0.05, 0) is 40.5 Å². The average molecular weight is 255 g/mol. The van der Waals surface area contributed by atoms with E-state index in [1.165, 1.54) is 5.06 Å². The zero-order valence-electron chi connectivity index (χ0n) is 11.4. The summed E-state index contributed by atoms with van der Waals surface area (Å²) in [5.74, 6) is -1.68. The van der Waals surface area contributed by atoms with Gasteiger partial charge in [0, 0.05) is 17.2 Å². The van der Waals surface area contributed by atoms with Crippen LogP contribution in [0.5, 0.6) is 0 Å². The zero-order valence-corrected chi connectivity index (χ0v) is 11.4. The Morgan fingerprint density at radius 2 is 1.72 bits per heavy atom. The minimum absolute atomic E-state index is 0.401. The summed E-state index contributed by atoms with van der Waals surface area (Å²) in [6, 6.07) is 0. The van der Waals surface area contributed by atoms with E-state index in [0.29, 0.717) is 12.8 Å². The van der Waals surface area contributed by atoms with E-state index >= 15 is 0 Å². The minimum atomic E-state index is -0.734. The molecule has 0 aliphatic carbocycles. The fourth-order valence-electron chi connectivity index (χ4n) is 2.66. The maximum absolute atomic E-state index is 11.9. The van der Waals surface area contributed by atoms with Gasteiger partial charge in [0.2, 0.25) is 0 Å². The number of piperidine rings is 1. The summed E-state index contributed by atoms with van der Waals surface area (Å²) in [5.41, 5.74) is -1.08. The van der Waals surface area contributed by atoms with Crippen LogP contribution in [0.4, 0.5) is 0 Å². The van der Waals surface area contributed by atoms with Crippen molar-refractivity contribution in [1.82, 2.24) is 5.06 Å². The molecule has 0 aromatic rings.